The number of urea groups is 1. The minimum Gasteiger partial charge on any atom is -0.475 e. The number of aromatic nitrogens is 3. The van der Waals surface area contributed by atoms with E-state index in [1.165, 1.54) is 7.05 Å². The monoisotopic (exact) mass is 423 g/mol. The number of nitrogens with one attached hydrogen (secondary N) is 2. The first kappa shape index (κ1) is 22.0. The molecule has 3 rings (SSSR count). The molecule has 162 valence electrons. The van der Waals surface area contributed by atoms with Gasteiger partial charge in [-0.3, -0.25) is 10.3 Å². The van der Waals surface area contributed by atoms with Crippen molar-refractivity contribution < 1.29 is 19.4 Å². The van der Waals surface area contributed by atoms with Gasteiger partial charge in [0.25, 0.3) is 0 Å². The number of aliphatic hydroxyl groups is 1. The zero-order chi connectivity index (χ0) is 22.4. The van der Waals surface area contributed by atoms with Crippen molar-refractivity contribution in [3.8, 4) is 28.5 Å². The summed E-state index contributed by atoms with van der Waals surface area (Å²) in [5.74, 6) is 1.75. The Morgan fingerprint density at radius 1 is 1.13 bits per heavy atom. The lowest BCUT2D eigenvalue weighted by Gasteiger charge is -2.17. The van der Waals surface area contributed by atoms with Gasteiger partial charge in [-0.15, -0.1) is 0 Å². The van der Waals surface area contributed by atoms with Crippen molar-refractivity contribution in [3.63, 3.8) is 0 Å². The highest BCUT2D eigenvalue weighted by molar-refractivity contribution is 5.88. The molecule has 3 aromatic rings. The zero-order valence-electron chi connectivity index (χ0n) is 17.8. The number of ether oxygens (including phenoxy) is 2. The second-order valence-electron chi connectivity index (χ2n) is 7.56. The molecule has 9 heteroatoms. The summed E-state index contributed by atoms with van der Waals surface area (Å²) >= 11 is 0. The summed E-state index contributed by atoms with van der Waals surface area (Å²) in [6.45, 7) is 5.36. The van der Waals surface area contributed by atoms with E-state index >= 15 is 0 Å². The van der Waals surface area contributed by atoms with Gasteiger partial charge in [0.1, 0.15) is 23.9 Å². The Kier molecular flexibility index (Phi) is 6.66. The second kappa shape index (κ2) is 9.40. The van der Waals surface area contributed by atoms with Gasteiger partial charge in [0.05, 0.1) is 11.8 Å². The van der Waals surface area contributed by atoms with Crippen LogP contribution in [0.1, 0.15) is 19.4 Å². The molecule has 31 heavy (non-hydrogen) atoms. The molecular weight excluding hydrogens is 398 g/mol. The van der Waals surface area contributed by atoms with Gasteiger partial charge in [-0.2, -0.15) is 0 Å². The molecule has 9 nitrogen and oxygen atoms in total. The topological polar surface area (TPSA) is 118 Å². The van der Waals surface area contributed by atoms with E-state index in [0.717, 1.165) is 11.1 Å². The number of anilines is 1. The number of hydrogen-bond donors (Lipinski definition) is 3. The van der Waals surface area contributed by atoms with E-state index in [0.29, 0.717) is 28.8 Å². The van der Waals surface area contributed by atoms with Gasteiger partial charge in [0, 0.05) is 48.9 Å². The Morgan fingerprint density at radius 2 is 1.94 bits per heavy atom. The van der Waals surface area contributed by atoms with Crippen molar-refractivity contribution in [3.05, 3.63) is 54.6 Å². The SMILES string of the molecule is CNC(=O)Nc1cc(Oc2cncc(C)c2)c(-c2ccc(OCC(C)(C)O)nc2)cn1. The van der Waals surface area contributed by atoms with E-state index < -0.39 is 11.6 Å². The number of hydrogen-bond acceptors (Lipinski definition) is 7. The van der Waals surface area contributed by atoms with Crippen molar-refractivity contribution >= 4 is 11.8 Å². The van der Waals surface area contributed by atoms with Gasteiger partial charge in [-0.05, 0) is 38.5 Å². The first-order valence-corrected chi connectivity index (χ1v) is 9.63. The van der Waals surface area contributed by atoms with E-state index in [1.54, 1.807) is 50.8 Å². The molecule has 3 N–H and O–H groups in total. The van der Waals surface area contributed by atoms with Crippen LogP contribution in [0.4, 0.5) is 10.6 Å². The summed E-state index contributed by atoms with van der Waals surface area (Å²) in [6, 6.07) is 6.62. The molecule has 3 heterocycles. The van der Waals surface area contributed by atoms with E-state index in [1.807, 2.05) is 19.1 Å². The maximum Gasteiger partial charge on any atom is 0.320 e. The Hall–Kier alpha value is -3.72. The van der Waals surface area contributed by atoms with Crippen LogP contribution < -0.4 is 20.1 Å². The largest absolute Gasteiger partial charge is 0.475 e. The summed E-state index contributed by atoms with van der Waals surface area (Å²) in [7, 11) is 1.52. The standard InChI is InChI=1S/C22H25N5O4/c1-14-7-16(11-24-9-14)31-18-8-19(27-21(28)23-4)25-12-17(18)15-5-6-20(26-10-15)30-13-22(2,3)29/h5-12,29H,13H2,1-4H3,(H2,23,25,27,28). The highest BCUT2D eigenvalue weighted by atomic mass is 16.5. The number of carbonyl (C=O) groups is 1. The van der Waals surface area contributed by atoms with Crippen molar-refractivity contribution in [1.29, 1.82) is 0 Å². The minimum atomic E-state index is -0.958. The Balaban J connectivity index is 1.91. The third-order valence-corrected chi connectivity index (χ3v) is 4.03. The lowest BCUT2D eigenvalue weighted by molar-refractivity contribution is 0.0268. The molecular formula is C22H25N5O4. The van der Waals surface area contributed by atoms with Gasteiger partial charge in [0.2, 0.25) is 5.88 Å². The predicted octanol–water partition coefficient (Wildman–Crippen LogP) is 3.54. The van der Waals surface area contributed by atoms with Gasteiger partial charge in [0.15, 0.2) is 0 Å². The normalized spacial score (nSPS) is 11.0. The number of pyridine rings is 3. The molecule has 0 spiro atoms. The average molecular weight is 423 g/mol. The lowest BCUT2D eigenvalue weighted by atomic mass is 10.1. The Morgan fingerprint density at radius 3 is 2.58 bits per heavy atom. The molecule has 2 amide bonds. The number of amides is 2. The summed E-state index contributed by atoms with van der Waals surface area (Å²) < 4.78 is 11.6. The first-order valence-electron chi connectivity index (χ1n) is 9.63. The van der Waals surface area contributed by atoms with E-state index in [-0.39, 0.29) is 6.61 Å². The fourth-order valence-corrected chi connectivity index (χ4v) is 2.57. The van der Waals surface area contributed by atoms with E-state index in [4.69, 9.17) is 9.47 Å². The zero-order valence-corrected chi connectivity index (χ0v) is 17.8. The van der Waals surface area contributed by atoms with Gasteiger partial charge in [-0.1, -0.05) is 0 Å². The number of aryl methyl sites for hydroxylation is 1. The summed E-state index contributed by atoms with van der Waals surface area (Å²) in [5, 5.41) is 14.9. The third-order valence-electron chi connectivity index (χ3n) is 4.03. The molecule has 0 unspecified atom stereocenters. The lowest BCUT2D eigenvalue weighted by Crippen LogP contribution is -2.28. The molecule has 0 saturated heterocycles. The number of carbonyl (C=O) groups excluding carboxylic acids is 1. The molecule has 0 bridgehead atoms. The Labute approximate surface area is 180 Å². The molecule has 0 saturated carbocycles. The van der Waals surface area contributed by atoms with Crippen molar-refractivity contribution in [1.82, 2.24) is 20.3 Å². The molecule has 0 aliphatic carbocycles. The van der Waals surface area contributed by atoms with Crippen LogP contribution >= 0.6 is 0 Å². The smallest absolute Gasteiger partial charge is 0.320 e. The third kappa shape index (κ3) is 6.38. The van der Waals surface area contributed by atoms with Crippen LogP contribution in [-0.4, -0.2) is 45.3 Å². The van der Waals surface area contributed by atoms with Crippen molar-refractivity contribution in [2.75, 3.05) is 19.0 Å². The molecule has 0 fully saturated rings. The van der Waals surface area contributed by atoms with Crippen LogP contribution in [0.25, 0.3) is 11.1 Å². The molecule has 0 atom stereocenters. The van der Waals surface area contributed by atoms with Crippen molar-refractivity contribution in [2.24, 2.45) is 0 Å². The van der Waals surface area contributed by atoms with Crippen LogP contribution in [0.5, 0.6) is 17.4 Å². The van der Waals surface area contributed by atoms with Gasteiger partial charge >= 0.3 is 6.03 Å². The van der Waals surface area contributed by atoms with Crippen LogP contribution in [0, 0.1) is 6.92 Å². The summed E-state index contributed by atoms with van der Waals surface area (Å²) in [6.07, 6.45) is 6.56. The van der Waals surface area contributed by atoms with Crippen LogP contribution in [0.15, 0.2) is 49.1 Å². The minimum absolute atomic E-state index is 0.121. The molecule has 0 aliphatic heterocycles. The van der Waals surface area contributed by atoms with Crippen LogP contribution in [-0.2, 0) is 0 Å². The fraction of sp³-hybridized carbons (Fsp3) is 0.273. The predicted molar refractivity (Wildman–Crippen MR) is 116 cm³/mol. The van der Waals surface area contributed by atoms with Crippen LogP contribution in [0.2, 0.25) is 0 Å². The van der Waals surface area contributed by atoms with E-state index in [9.17, 15) is 9.90 Å². The number of rotatable bonds is 7. The van der Waals surface area contributed by atoms with E-state index in [2.05, 4.69) is 25.6 Å². The average Bonchev–Trinajstić information content (AvgIpc) is 2.72. The van der Waals surface area contributed by atoms with Gasteiger partial charge < -0.3 is 19.9 Å². The first-order chi connectivity index (χ1) is 14.7. The highest BCUT2D eigenvalue weighted by Crippen LogP contribution is 2.34. The molecule has 0 aromatic carbocycles. The van der Waals surface area contributed by atoms with Gasteiger partial charge in [-0.25, -0.2) is 14.8 Å². The second-order valence-corrected chi connectivity index (χ2v) is 7.56. The molecule has 3 aromatic heterocycles. The summed E-state index contributed by atoms with van der Waals surface area (Å²) in [4.78, 5) is 24.4. The fourth-order valence-electron chi connectivity index (χ4n) is 2.57. The highest BCUT2D eigenvalue weighted by Gasteiger charge is 2.15. The van der Waals surface area contributed by atoms with Crippen LogP contribution in [0.3, 0.4) is 0 Å². The molecule has 0 aliphatic rings. The number of nitrogens with zero attached hydrogens (tertiary/aromatic N) is 3. The Bertz CT molecular complexity index is 1050. The maximum atomic E-state index is 11.7. The van der Waals surface area contributed by atoms with Crippen molar-refractivity contribution in [2.45, 2.75) is 26.4 Å². The molecule has 0 radical (unpaired) electrons. The maximum absolute atomic E-state index is 11.7. The quantitative estimate of drug-likeness (QED) is 0.532. The summed E-state index contributed by atoms with van der Waals surface area (Å²) in [5.41, 5.74) is 1.41.